The SMILES string of the molecule is OB(O)c1ccc(-c2nnc(-c3cccc4c3C=CC4)o2)cc1. The van der Waals surface area contributed by atoms with Gasteiger partial charge in [-0.05, 0) is 41.2 Å². The van der Waals surface area contributed by atoms with Crippen LogP contribution in [0.25, 0.3) is 29.0 Å². The van der Waals surface area contributed by atoms with E-state index in [9.17, 15) is 0 Å². The van der Waals surface area contributed by atoms with Gasteiger partial charge in [-0.3, -0.25) is 0 Å². The highest BCUT2D eigenvalue weighted by atomic mass is 16.4. The maximum Gasteiger partial charge on any atom is 0.488 e. The highest BCUT2D eigenvalue weighted by Gasteiger charge is 2.17. The van der Waals surface area contributed by atoms with Crippen LogP contribution in [0.2, 0.25) is 0 Å². The van der Waals surface area contributed by atoms with E-state index in [-0.39, 0.29) is 0 Å². The van der Waals surface area contributed by atoms with Crippen molar-refractivity contribution in [2.75, 3.05) is 0 Å². The second-order valence-corrected chi connectivity index (χ2v) is 5.39. The zero-order valence-corrected chi connectivity index (χ0v) is 12.2. The zero-order chi connectivity index (χ0) is 15.8. The summed E-state index contributed by atoms with van der Waals surface area (Å²) in [7, 11) is -1.49. The van der Waals surface area contributed by atoms with Crippen molar-refractivity contribution in [1.82, 2.24) is 10.2 Å². The van der Waals surface area contributed by atoms with Gasteiger partial charge < -0.3 is 14.5 Å². The lowest BCUT2D eigenvalue weighted by Crippen LogP contribution is -2.29. The molecule has 23 heavy (non-hydrogen) atoms. The molecule has 5 nitrogen and oxygen atoms in total. The third-order valence-corrected chi connectivity index (χ3v) is 3.93. The molecule has 3 aromatic rings. The fraction of sp³-hybridized carbons (Fsp3) is 0.0588. The van der Waals surface area contributed by atoms with Crippen LogP contribution in [0.1, 0.15) is 11.1 Å². The first-order chi connectivity index (χ1) is 11.2. The van der Waals surface area contributed by atoms with Crippen LogP contribution in [0.15, 0.2) is 53.0 Å². The molecule has 0 amide bonds. The van der Waals surface area contributed by atoms with Gasteiger partial charge in [-0.2, -0.15) is 0 Å². The zero-order valence-electron chi connectivity index (χ0n) is 12.2. The van der Waals surface area contributed by atoms with Gasteiger partial charge in [0, 0.05) is 11.1 Å². The number of hydrogen-bond donors (Lipinski definition) is 2. The minimum Gasteiger partial charge on any atom is -0.423 e. The molecule has 0 spiro atoms. The van der Waals surface area contributed by atoms with E-state index in [1.54, 1.807) is 24.3 Å². The molecular weight excluding hydrogens is 291 g/mol. The summed E-state index contributed by atoms with van der Waals surface area (Å²) in [5.74, 6) is 0.883. The molecule has 0 fully saturated rings. The maximum atomic E-state index is 9.13. The van der Waals surface area contributed by atoms with Gasteiger partial charge in [0.15, 0.2) is 0 Å². The molecule has 2 N–H and O–H groups in total. The average Bonchev–Trinajstić information content (AvgIpc) is 3.24. The summed E-state index contributed by atoms with van der Waals surface area (Å²) in [5.41, 5.74) is 4.46. The number of fused-ring (bicyclic) bond motifs is 1. The smallest absolute Gasteiger partial charge is 0.423 e. The van der Waals surface area contributed by atoms with Crippen molar-refractivity contribution in [3.8, 4) is 22.9 Å². The Kier molecular flexibility index (Phi) is 3.33. The van der Waals surface area contributed by atoms with Crippen LogP contribution in [0.5, 0.6) is 0 Å². The van der Waals surface area contributed by atoms with Gasteiger partial charge in [0.05, 0.1) is 0 Å². The van der Waals surface area contributed by atoms with Crippen LogP contribution >= 0.6 is 0 Å². The predicted molar refractivity (Wildman–Crippen MR) is 87.7 cm³/mol. The van der Waals surface area contributed by atoms with E-state index in [1.807, 2.05) is 12.1 Å². The van der Waals surface area contributed by atoms with Crippen LogP contribution < -0.4 is 5.46 Å². The Balaban J connectivity index is 1.70. The number of benzene rings is 2. The number of rotatable bonds is 3. The van der Waals surface area contributed by atoms with Gasteiger partial charge in [0.2, 0.25) is 11.8 Å². The monoisotopic (exact) mass is 304 g/mol. The first-order valence-electron chi connectivity index (χ1n) is 7.31. The van der Waals surface area contributed by atoms with E-state index in [4.69, 9.17) is 14.5 Å². The normalized spacial score (nSPS) is 12.4. The highest BCUT2D eigenvalue weighted by molar-refractivity contribution is 6.58. The Morgan fingerprint density at radius 1 is 0.957 bits per heavy atom. The van der Waals surface area contributed by atoms with Gasteiger partial charge in [0.1, 0.15) is 0 Å². The van der Waals surface area contributed by atoms with Crippen molar-refractivity contribution in [3.63, 3.8) is 0 Å². The Bertz CT molecular complexity index is 885. The Morgan fingerprint density at radius 2 is 1.74 bits per heavy atom. The van der Waals surface area contributed by atoms with Crippen LogP contribution in [-0.2, 0) is 6.42 Å². The fourth-order valence-corrected chi connectivity index (χ4v) is 2.72. The van der Waals surface area contributed by atoms with Crippen LogP contribution in [-0.4, -0.2) is 27.4 Å². The van der Waals surface area contributed by atoms with Crippen molar-refractivity contribution in [2.45, 2.75) is 6.42 Å². The Labute approximate surface area is 133 Å². The predicted octanol–water partition coefficient (Wildman–Crippen LogP) is 1.65. The lowest BCUT2D eigenvalue weighted by Gasteiger charge is -2.03. The molecule has 0 unspecified atom stereocenters. The number of aromatic nitrogens is 2. The highest BCUT2D eigenvalue weighted by Crippen LogP contribution is 2.31. The molecule has 0 saturated carbocycles. The van der Waals surface area contributed by atoms with Gasteiger partial charge in [-0.25, -0.2) is 0 Å². The minimum atomic E-state index is -1.49. The van der Waals surface area contributed by atoms with Crippen LogP contribution in [0, 0.1) is 0 Å². The number of allylic oxidation sites excluding steroid dienone is 1. The molecular formula is C17H13BN2O3. The van der Waals surface area contributed by atoms with E-state index in [1.165, 1.54) is 5.56 Å². The molecule has 1 aliphatic rings. The third kappa shape index (κ3) is 2.48. The Hall–Kier alpha value is -2.70. The fourth-order valence-electron chi connectivity index (χ4n) is 2.72. The second-order valence-electron chi connectivity index (χ2n) is 5.39. The van der Waals surface area contributed by atoms with E-state index in [0.717, 1.165) is 23.1 Å². The summed E-state index contributed by atoms with van der Waals surface area (Å²) in [6, 6.07) is 12.7. The van der Waals surface area contributed by atoms with Gasteiger partial charge in [0.25, 0.3) is 0 Å². The molecule has 6 heteroatoms. The van der Waals surface area contributed by atoms with Crippen molar-refractivity contribution >= 4 is 18.7 Å². The standard InChI is InChI=1S/C17H13BN2O3/c21-18(22)13-9-7-12(8-10-13)16-19-20-17(23-16)15-6-2-4-11-3-1-5-14(11)15/h1-2,4-10,21-22H,3H2. The molecule has 0 atom stereocenters. The second kappa shape index (κ2) is 5.50. The third-order valence-electron chi connectivity index (χ3n) is 3.93. The van der Waals surface area contributed by atoms with Crippen molar-refractivity contribution in [1.29, 1.82) is 0 Å². The van der Waals surface area contributed by atoms with Crippen molar-refractivity contribution < 1.29 is 14.5 Å². The van der Waals surface area contributed by atoms with Crippen LogP contribution in [0.3, 0.4) is 0 Å². The quantitative estimate of drug-likeness (QED) is 0.719. The lowest BCUT2D eigenvalue weighted by atomic mass is 9.80. The van der Waals surface area contributed by atoms with Gasteiger partial charge in [-0.15, -0.1) is 10.2 Å². The first kappa shape index (κ1) is 13.9. The summed E-state index contributed by atoms with van der Waals surface area (Å²) in [6.07, 6.45) is 5.12. The molecule has 4 rings (SSSR count). The topological polar surface area (TPSA) is 79.4 Å². The summed E-state index contributed by atoms with van der Waals surface area (Å²) >= 11 is 0. The lowest BCUT2D eigenvalue weighted by molar-refractivity contribution is 0.426. The molecule has 2 aromatic carbocycles. The minimum absolute atomic E-state index is 0.401. The summed E-state index contributed by atoms with van der Waals surface area (Å²) in [5, 5.41) is 26.5. The molecule has 1 heterocycles. The summed E-state index contributed by atoms with van der Waals surface area (Å²) in [6.45, 7) is 0. The van der Waals surface area contributed by atoms with E-state index in [0.29, 0.717) is 17.2 Å². The van der Waals surface area contributed by atoms with Crippen molar-refractivity contribution in [2.24, 2.45) is 0 Å². The number of nitrogens with zero attached hydrogens (tertiary/aromatic N) is 2. The molecule has 0 saturated heterocycles. The molecule has 0 aliphatic heterocycles. The molecule has 0 radical (unpaired) electrons. The molecule has 1 aliphatic carbocycles. The first-order valence-corrected chi connectivity index (χ1v) is 7.31. The van der Waals surface area contributed by atoms with E-state index in [2.05, 4.69) is 28.4 Å². The molecule has 112 valence electrons. The maximum absolute atomic E-state index is 9.13. The molecule has 0 bridgehead atoms. The average molecular weight is 304 g/mol. The van der Waals surface area contributed by atoms with E-state index >= 15 is 0 Å². The summed E-state index contributed by atoms with van der Waals surface area (Å²) < 4.78 is 5.80. The van der Waals surface area contributed by atoms with Crippen LogP contribution in [0.4, 0.5) is 0 Å². The summed E-state index contributed by atoms with van der Waals surface area (Å²) in [4.78, 5) is 0. The van der Waals surface area contributed by atoms with E-state index < -0.39 is 7.12 Å². The Morgan fingerprint density at radius 3 is 2.52 bits per heavy atom. The molecule has 1 aromatic heterocycles. The van der Waals surface area contributed by atoms with Gasteiger partial charge >= 0.3 is 7.12 Å². The van der Waals surface area contributed by atoms with Gasteiger partial charge in [-0.1, -0.05) is 36.4 Å². The largest absolute Gasteiger partial charge is 0.488 e. The number of hydrogen-bond acceptors (Lipinski definition) is 5. The van der Waals surface area contributed by atoms with Crippen molar-refractivity contribution in [3.05, 3.63) is 59.7 Å².